The Morgan fingerprint density at radius 1 is 1.16 bits per heavy atom. The number of aryl methyl sites for hydroxylation is 1. The van der Waals surface area contributed by atoms with Gasteiger partial charge < -0.3 is 15.5 Å². The second-order valence-electron chi connectivity index (χ2n) is 11.5. The van der Waals surface area contributed by atoms with Gasteiger partial charge in [-0.25, -0.2) is 4.39 Å². The van der Waals surface area contributed by atoms with E-state index in [0.29, 0.717) is 24.2 Å². The lowest BCUT2D eigenvalue weighted by Crippen LogP contribution is -2.53. The fraction of sp³-hybridized carbons (Fsp3) is 0.714. The highest BCUT2D eigenvalue weighted by atomic mass is 19.1. The molecule has 3 fully saturated rings. The maximum absolute atomic E-state index is 13.5. The second-order valence-corrected chi connectivity index (χ2v) is 11.5. The number of benzene rings is 1. The SMILES string of the molecule is C=C1CC[C@H]2[C@H](CNCc3ccc(F)cc3C)[C@@H]([C@@]3(C)CC[C@H](O)C[C@@H]3CO)CC[C@]12C. The molecular formula is C28H42FNO2. The van der Waals surface area contributed by atoms with Crippen molar-refractivity contribution in [2.24, 2.45) is 34.5 Å². The molecule has 1 aromatic carbocycles. The monoisotopic (exact) mass is 443 g/mol. The maximum atomic E-state index is 13.5. The second kappa shape index (κ2) is 9.19. The van der Waals surface area contributed by atoms with Crippen LogP contribution in [0.4, 0.5) is 4.39 Å². The van der Waals surface area contributed by atoms with E-state index < -0.39 is 0 Å². The number of hydrogen-bond acceptors (Lipinski definition) is 3. The van der Waals surface area contributed by atoms with E-state index >= 15 is 0 Å². The molecule has 0 aliphatic heterocycles. The molecule has 3 aliphatic carbocycles. The number of fused-ring (bicyclic) bond motifs is 1. The van der Waals surface area contributed by atoms with Crippen LogP contribution in [0, 0.1) is 47.2 Å². The minimum absolute atomic E-state index is 0.0529. The van der Waals surface area contributed by atoms with Crippen LogP contribution in [0.25, 0.3) is 0 Å². The van der Waals surface area contributed by atoms with Crippen molar-refractivity contribution in [1.29, 1.82) is 0 Å². The Bertz CT molecular complexity index is 841. The van der Waals surface area contributed by atoms with Crippen molar-refractivity contribution < 1.29 is 14.6 Å². The topological polar surface area (TPSA) is 52.5 Å². The summed E-state index contributed by atoms with van der Waals surface area (Å²) >= 11 is 0. The van der Waals surface area contributed by atoms with Crippen molar-refractivity contribution in [3.8, 4) is 0 Å². The van der Waals surface area contributed by atoms with Gasteiger partial charge in [-0.2, -0.15) is 0 Å². The summed E-state index contributed by atoms with van der Waals surface area (Å²) in [6, 6.07) is 5.05. The number of aliphatic hydroxyl groups excluding tert-OH is 2. The largest absolute Gasteiger partial charge is 0.396 e. The van der Waals surface area contributed by atoms with Crippen LogP contribution in [0.15, 0.2) is 30.4 Å². The fourth-order valence-electron chi connectivity index (χ4n) is 7.70. The van der Waals surface area contributed by atoms with Crippen LogP contribution in [0.3, 0.4) is 0 Å². The molecule has 0 saturated heterocycles. The highest BCUT2D eigenvalue weighted by Crippen LogP contribution is 2.63. The first-order chi connectivity index (χ1) is 15.2. The van der Waals surface area contributed by atoms with E-state index in [1.165, 1.54) is 18.4 Å². The minimum atomic E-state index is -0.279. The van der Waals surface area contributed by atoms with Gasteiger partial charge in [0, 0.05) is 13.2 Å². The summed E-state index contributed by atoms with van der Waals surface area (Å²) in [6.07, 6.45) is 6.94. The van der Waals surface area contributed by atoms with E-state index in [9.17, 15) is 14.6 Å². The Balaban J connectivity index is 1.57. The predicted octanol–water partition coefficient (Wildman–Crippen LogP) is 5.38. The number of rotatable bonds is 6. The summed E-state index contributed by atoms with van der Waals surface area (Å²) in [5.74, 6) is 1.63. The van der Waals surface area contributed by atoms with E-state index in [4.69, 9.17) is 0 Å². The van der Waals surface area contributed by atoms with Crippen LogP contribution in [0.2, 0.25) is 0 Å². The van der Waals surface area contributed by atoms with Gasteiger partial charge in [-0.3, -0.25) is 0 Å². The Morgan fingerprint density at radius 2 is 1.94 bits per heavy atom. The summed E-state index contributed by atoms with van der Waals surface area (Å²) in [7, 11) is 0. The van der Waals surface area contributed by atoms with E-state index in [0.717, 1.165) is 49.9 Å². The molecule has 0 aromatic heterocycles. The normalized spacial score (nSPS) is 39.8. The van der Waals surface area contributed by atoms with Crippen molar-refractivity contribution in [1.82, 2.24) is 5.32 Å². The van der Waals surface area contributed by atoms with Crippen LogP contribution >= 0.6 is 0 Å². The molecule has 178 valence electrons. The fourth-order valence-corrected chi connectivity index (χ4v) is 7.70. The van der Waals surface area contributed by atoms with Crippen molar-refractivity contribution in [2.75, 3.05) is 13.2 Å². The van der Waals surface area contributed by atoms with Crippen LogP contribution in [-0.4, -0.2) is 29.5 Å². The van der Waals surface area contributed by atoms with Gasteiger partial charge >= 0.3 is 0 Å². The molecule has 4 heteroatoms. The first kappa shape index (κ1) is 23.9. The number of nitrogens with one attached hydrogen (secondary N) is 1. The van der Waals surface area contributed by atoms with Gasteiger partial charge in [0.05, 0.1) is 6.10 Å². The Morgan fingerprint density at radius 3 is 2.66 bits per heavy atom. The first-order valence-corrected chi connectivity index (χ1v) is 12.6. The Hall–Kier alpha value is -1.23. The van der Waals surface area contributed by atoms with Gasteiger partial charge in [0.1, 0.15) is 5.82 Å². The minimum Gasteiger partial charge on any atom is -0.396 e. The molecule has 3 aliphatic rings. The molecule has 0 bridgehead atoms. The van der Waals surface area contributed by atoms with Gasteiger partial charge in [0.25, 0.3) is 0 Å². The zero-order chi connectivity index (χ0) is 23.1. The highest BCUT2D eigenvalue weighted by Gasteiger charge is 2.56. The molecule has 32 heavy (non-hydrogen) atoms. The van der Waals surface area contributed by atoms with Gasteiger partial charge in [-0.1, -0.05) is 32.1 Å². The first-order valence-electron chi connectivity index (χ1n) is 12.6. The summed E-state index contributed by atoms with van der Waals surface area (Å²) in [4.78, 5) is 0. The molecule has 3 nitrogen and oxygen atoms in total. The lowest BCUT2D eigenvalue weighted by Gasteiger charge is -2.56. The number of halogens is 1. The predicted molar refractivity (Wildman–Crippen MR) is 128 cm³/mol. The summed E-state index contributed by atoms with van der Waals surface area (Å²) < 4.78 is 13.5. The van der Waals surface area contributed by atoms with E-state index in [2.05, 4.69) is 25.7 Å². The quantitative estimate of drug-likeness (QED) is 0.517. The molecule has 0 heterocycles. The third-order valence-corrected chi connectivity index (χ3v) is 9.96. The summed E-state index contributed by atoms with van der Waals surface area (Å²) in [6.45, 7) is 13.1. The average molecular weight is 444 g/mol. The molecular weight excluding hydrogens is 401 g/mol. The lowest BCUT2D eigenvalue weighted by atomic mass is 9.49. The Labute approximate surface area is 193 Å². The van der Waals surface area contributed by atoms with Crippen molar-refractivity contribution in [3.63, 3.8) is 0 Å². The molecule has 0 amide bonds. The highest BCUT2D eigenvalue weighted by molar-refractivity contribution is 5.26. The van der Waals surface area contributed by atoms with Crippen LogP contribution < -0.4 is 5.32 Å². The third-order valence-electron chi connectivity index (χ3n) is 9.96. The van der Waals surface area contributed by atoms with E-state index in [1.54, 1.807) is 12.1 Å². The van der Waals surface area contributed by atoms with Crippen molar-refractivity contribution in [2.45, 2.75) is 78.4 Å². The van der Waals surface area contributed by atoms with Gasteiger partial charge in [-0.15, -0.1) is 0 Å². The Kier molecular flexibility index (Phi) is 6.87. The molecule has 7 atom stereocenters. The third kappa shape index (κ3) is 4.19. The lowest BCUT2D eigenvalue weighted by molar-refractivity contribution is -0.0933. The summed E-state index contributed by atoms with van der Waals surface area (Å²) in [5, 5.41) is 24.3. The molecule has 1 aromatic rings. The van der Waals surface area contributed by atoms with Crippen molar-refractivity contribution in [3.05, 3.63) is 47.3 Å². The van der Waals surface area contributed by atoms with Crippen LogP contribution in [-0.2, 0) is 6.54 Å². The maximum Gasteiger partial charge on any atom is 0.123 e. The molecule has 4 rings (SSSR count). The zero-order valence-electron chi connectivity index (χ0n) is 20.2. The van der Waals surface area contributed by atoms with E-state index in [-0.39, 0.29) is 35.3 Å². The number of aliphatic hydroxyl groups is 2. The van der Waals surface area contributed by atoms with Crippen LogP contribution in [0.5, 0.6) is 0 Å². The zero-order valence-corrected chi connectivity index (χ0v) is 20.2. The molecule has 0 radical (unpaired) electrons. The molecule has 0 unspecified atom stereocenters. The standard InChI is InChI=1S/C28H42FNO2/c1-18-13-22(29)7-6-20(18)15-30-16-24-25-8-5-19(2)27(25,3)12-10-26(24)28(4)11-9-23(32)14-21(28)17-31/h6-7,13,21,23-26,30-32H,2,5,8-12,14-17H2,1,3-4H3/t21-,23+,24+,25+,26+,27-,28+/m1/s1. The van der Waals surface area contributed by atoms with E-state index in [1.807, 2.05) is 13.0 Å². The van der Waals surface area contributed by atoms with Crippen molar-refractivity contribution >= 4 is 0 Å². The summed E-state index contributed by atoms with van der Waals surface area (Å²) in [5.41, 5.74) is 3.83. The molecule has 3 N–H and O–H groups in total. The molecule has 0 spiro atoms. The van der Waals surface area contributed by atoms with Crippen LogP contribution in [0.1, 0.15) is 69.9 Å². The number of allylic oxidation sites excluding steroid dienone is 1. The van der Waals surface area contributed by atoms with Gasteiger partial charge in [-0.05, 0) is 116 Å². The van der Waals surface area contributed by atoms with Gasteiger partial charge in [0.2, 0.25) is 0 Å². The average Bonchev–Trinajstić information content (AvgIpc) is 3.06. The number of hydrogen-bond donors (Lipinski definition) is 3. The van der Waals surface area contributed by atoms with Gasteiger partial charge in [0.15, 0.2) is 0 Å². The molecule has 3 saturated carbocycles. The smallest absolute Gasteiger partial charge is 0.123 e.